The fourth-order valence-corrected chi connectivity index (χ4v) is 6.33. The van der Waals surface area contributed by atoms with Crippen molar-refractivity contribution in [1.29, 1.82) is 5.26 Å². The predicted molar refractivity (Wildman–Crippen MR) is 90.9 cm³/mol. The van der Waals surface area contributed by atoms with Crippen LogP contribution in [0.25, 0.3) is 0 Å². The lowest BCUT2D eigenvalue weighted by atomic mass is 9.53. The third kappa shape index (κ3) is 3.11. The second-order valence-electron chi connectivity index (χ2n) is 7.89. The van der Waals surface area contributed by atoms with Crippen LogP contribution in [0.4, 0.5) is 4.79 Å². The van der Waals surface area contributed by atoms with Gasteiger partial charge in [-0.1, -0.05) is 0 Å². The highest BCUT2D eigenvalue weighted by Crippen LogP contribution is 2.55. The second-order valence-corrected chi connectivity index (χ2v) is 9.58. The Bertz CT molecular complexity index is 804. The van der Waals surface area contributed by atoms with E-state index in [-0.39, 0.29) is 10.4 Å². The van der Waals surface area contributed by atoms with Crippen LogP contribution in [0.5, 0.6) is 0 Å². The summed E-state index contributed by atoms with van der Waals surface area (Å²) in [6, 6.07) is 6.80. The van der Waals surface area contributed by atoms with Gasteiger partial charge in [0, 0.05) is 5.54 Å². The molecule has 4 aliphatic carbocycles. The average molecular weight is 359 g/mol. The molecule has 2 amide bonds. The van der Waals surface area contributed by atoms with Crippen LogP contribution < -0.4 is 10.0 Å². The van der Waals surface area contributed by atoms with Gasteiger partial charge in [-0.3, -0.25) is 0 Å². The van der Waals surface area contributed by atoms with Crippen molar-refractivity contribution in [2.24, 2.45) is 17.8 Å². The molecule has 4 fully saturated rings. The van der Waals surface area contributed by atoms with Crippen molar-refractivity contribution >= 4 is 16.1 Å². The molecule has 4 saturated carbocycles. The molecule has 1 aromatic carbocycles. The smallest absolute Gasteiger partial charge is 0.329 e. The maximum Gasteiger partial charge on any atom is 0.329 e. The number of urea groups is 1. The van der Waals surface area contributed by atoms with Crippen molar-refractivity contribution in [2.75, 3.05) is 0 Å². The van der Waals surface area contributed by atoms with Gasteiger partial charge in [0.05, 0.1) is 16.5 Å². The van der Waals surface area contributed by atoms with Gasteiger partial charge in [-0.15, -0.1) is 0 Å². The number of nitrogens with one attached hydrogen (secondary N) is 2. The first-order valence-electron chi connectivity index (χ1n) is 8.73. The highest BCUT2D eigenvalue weighted by molar-refractivity contribution is 7.90. The fraction of sp³-hybridized carbons (Fsp3) is 0.556. The minimum Gasteiger partial charge on any atom is -0.332 e. The molecule has 0 spiro atoms. The lowest BCUT2D eigenvalue weighted by molar-refractivity contribution is -0.0132. The topological polar surface area (TPSA) is 99.1 Å². The van der Waals surface area contributed by atoms with Crippen molar-refractivity contribution in [3.05, 3.63) is 29.8 Å². The molecule has 0 aromatic heterocycles. The Hall–Kier alpha value is -2.07. The molecular formula is C18H21N3O3S. The molecule has 4 bridgehead atoms. The van der Waals surface area contributed by atoms with E-state index < -0.39 is 16.1 Å². The molecule has 0 aliphatic heterocycles. The Balaban J connectivity index is 1.46. The summed E-state index contributed by atoms with van der Waals surface area (Å²) in [6.07, 6.45) is 6.65. The van der Waals surface area contributed by atoms with Gasteiger partial charge < -0.3 is 5.32 Å². The molecule has 7 heteroatoms. The predicted octanol–water partition coefficient (Wildman–Crippen LogP) is 2.51. The van der Waals surface area contributed by atoms with Crippen LogP contribution >= 0.6 is 0 Å². The molecule has 1 aromatic rings. The van der Waals surface area contributed by atoms with Gasteiger partial charge in [-0.2, -0.15) is 5.26 Å². The molecule has 0 atom stereocenters. The Kier molecular flexibility index (Phi) is 3.76. The van der Waals surface area contributed by atoms with Crippen LogP contribution in [0.2, 0.25) is 0 Å². The Morgan fingerprint density at radius 1 is 1.04 bits per heavy atom. The van der Waals surface area contributed by atoms with Crippen LogP contribution in [0, 0.1) is 29.1 Å². The van der Waals surface area contributed by atoms with E-state index in [1.165, 1.54) is 43.5 Å². The Morgan fingerprint density at radius 3 is 2.04 bits per heavy atom. The lowest BCUT2D eigenvalue weighted by Crippen LogP contribution is -2.61. The molecule has 25 heavy (non-hydrogen) atoms. The Morgan fingerprint density at radius 2 is 1.56 bits per heavy atom. The standard InChI is InChI=1S/C18H21N3O3S/c19-11-12-1-3-16(4-2-12)25(23,24)21-17(22)20-18-8-13-5-14(9-18)7-15(6-13)10-18/h1-4,13-15H,5-10H2,(H2,20,21,22). The van der Waals surface area contributed by atoms with Crippen molar-refractivity contribution < 1.29 is 13.2 Å². The molecule has 0 saturated heterocycles. The monoisotopic (exact) mass is 359 g/mol. The van der Waals surface area contributed by atoms with Gasteiger partial charge in [0.25, 0.3) is 10.0 Å². The summed E-state index contributed by atoms with van der Waals surface area (Å²) in [4.78, 5) is 12.4. The van der Waals surface area contributed by atoms with E-state index in [0.717, 1.165) is 19.3 Å². The van der Waals surface area contributed by atoms with E-state index in [1.54, 1.807) is 0 Å². The average Bonchev–Trinajstić information content (AvgIpc) is 2.52. The number of hydrogen-bond acceptors (Lipinski definition) is 4. The number of sulfonamides is 1. The molecule has 4 aliphatic rings. The highest BCUT2D eigenvalue weighted by Gasteiger charge is 2.51. The zero-order valence-electron chi connectivity index (χ0n) is 13.9. The van der Waals surface area contributed by atoms with E-state index in [4.69, 9.17) is 5.26 Å². The fourth-order valence-electron chi connectivity index (χ4n) is 5.42. The maximum atomic E-state index is 12.4. The molecule has 5 rings (SSSR count). The molecule has 2 N–H and O–H groups in total. The van der Waals surface area contributed by atoms with Crippen LogP contribution in [-0.4, -0.2) is 20.0 Å². The van der Waals surface area contributed by atoms with Gasteiger partial charge in [0.15, 0.2) is 0 Å². The number of carbonyl (C=O) groups excluding carboxylic acids is 1. The van der Waals surface area contributed by atoms with Crippen molar-refractivity contribution in [3.63, 3.8) is 0 Å². The summed E-state index contributed by atoms with van der Waals surface area (Å²) in [5, 5.41) is 11.8. The minimum absolute atomic E-state index is 0.0211. The molecular weight excluding hydrogens is 338 g/mol. The summed E-state index contributed by atoms with van der Waals surface area (Å²) in [5.74, 6) is 2.00. The Labute approximate surface area is 147 Å². The van der Waals surface area contributed by atoms with Crippen LogP contribution in [0.1, 0.15) is 44.1 Å². The van der Waals surface area contributed by atoms with Gasteiger partial charge in [-0.05, 0) is 80.5 Å². The van der Waals surface area contributed by atoms with Gasteiger partial charge in [0.1, 0.15) is 0 Å². The number of hydrogen-bond donors (Lipinski definition) is 2. The second kappa shape index (κ2) is 5.73. The normalized spacial score (nSPS) is 32.8. The third-order valence-corrected chi connectivity index (χ3v) is 7.28. The summed E-state index contributed by atoms with van der Waals surface area (Å²) in [7, 11) is -3.94. The summed E-state index contributed by atoms with van der Waals surface area (Å²) >= 11 is 0. The zero-order chi connectivity index (χ0) is 17.7. The number of nitriles is 1. The van der Waals surface area contributed by atoms with E-state index in [2.05, 4.69) is 10.0 Å². The first kappa shape index (κ1) is 16.4. The number of amides is 2. The van der Waals surface area contributed by atoms with Crippen molar-refractivity contribution in [1.82, 2.24) is 10.0 Å². The zero-order valence-corrected chi connectivity index (χ0v) is 14.7. The third-order valence-electron chi connectivity index (χ3n) is 5.94. The van der Waals surface area contributed by atoms with Crippen LogP contribution in [0.3, 0.4) is 0 Å². The molecule has 0 unspecified atom stereocenters. The van der Waals surface area contributed by atoms with Crippen molar-refractivity contribution in [3.8, 4) is 6.07 Å². The van der Waals surface area contributed by atoms with E-state index in [9.17, 15) is 13.2 Å². The first-order chi connectivity index (χ1) is 11.9. The lowest BCUT2D eigenvalue weighted by Gasteiger charge is -2.56. The molecule has 0 radical (unpaired) electrons. The maximum absolute atomic E-state index is 12.4. The molecule has 132 valence electrons. The quantitative estimate of drug-likeness (QED) is 0.866. The van der Waals surface area contributed by atoms with Gasteiger partial charge >= 0.3 is 6.03 Å². The van der Waals surface area contributed by atoms with E-state index in [0.29, 0.717) is 23.3 Å². The minimum atomic E-state index is -3.94. The summed E-state index contributed by atoms with van der Waals surface area (Å²) in [5.41, 5.74) is 0.135. The SMILES string of the molecule is N#Cc1ccc(S(=O)(=O)NC(=O)NC23CC4CC(CC(C4)C2)C3)cc1. The van der Waals surface area contributed by atoms with Gasteiger partial charge in [-0.25, -0.2) is 17.9 Å². The number of rotatable bonds is 3. The van der Waals surface area contributed by atoms with Crippen molar-refractivity contribution in [2.45, 2.75) is 49.0 Å². The van der Waals surface area contributed by atoms with E-state index >= 15 is 0 Å². The van der Waals surface area contributed by atoms with Gasteiger partial charge in [0.2, 0.25) is 0 Å². The number of benzene rings is 1. The first-order valence-corrected chi connectivity index (χ1v) is 10.2. The van der Waals surface area contributed by atoms with Crippen LogP contribution in [0.15, 0.2) is 29.2 Å². The van der Waals surface area contributed by atoms with Crippen LogP contribution in [-0.2, 0) is 10.0 Å². The molecule has 6 nitrogen and oxygen atoms in total. The molecule has 0 heterocycles. The summed E-state index contributed by atoms with van der Waals surface area (Å²) in [6.45, 7) is 0. The van der Waals surface area contributed by atoms with E-state index in [1.807, 2.05) is 6.07 Å². The highest BCUT2D eigenvalue weighted by atomic mass is 32.2. The number of nitrogens with zero attached hydrogens (tertiary/aromatic N) is 1. The number of carbonyl (C=O) groups is 1. The largest absolute Gasteiger partial charge is 0.332 e. The summed E-state index contributed by atoms with van der Waals surface area (Å²) < 4.78 is 26.9.